The first-order valence-corrected chi connectivity index (χ1v) is 10.3. The maximum Gasteiger partial charge on any atom is 0.225 e. The van der Waals surface area contributed by atoms with E-state index in [0.29, 0.717) is 17.9 Å². The molecular weight excluding hydrogens is 369 g/mol. The fraction of sp³-hybridized carbons (Fsp3) is 0.391. The predicted molar refractivity (Wildman–Crippen MR) is 111 cm³/mol. The van der Waals surface area contributed by atoms with Crippen LogP contribution in [0.4, 0.5) is 15.8 Å². The highest BCUT2D eigenvalue weighted by Crippen LogP contribution is 2.31. The van der Waals surface area contributed by atoms with Gasteiger partial charge < -0.3 is 15.1 Å². The summed E-state index contributed by atoms with van der Waals surface area (Å²) < 4.78 is 13.6. The van der Waals surface area contributed by atoms with Crippen molar-refractivity contribution in [3.63, 3.8) is 0 Å². The van der Waals surface area contributed by atoms with E-state index >= 15 is 0 Å². The first kappa shape index (κ1) is 19.4. The van der Waals surface area contributed by atoms with E-state index in [2.05, 4.69) is 10.2 Å². The van der Waals surface area contributed by atoms with Crippen molar-refractivity contribution in [3.8, 4) is 0 Å². The van der Waals surface area contributed by atoms with E-state index in [1.807, 2.05) is 29.2 Å². The predicted octanol–water partition coefficient (Wildman–Crippen LogP) is 3.46. The number of piperazine rings is 1. The molecule has 4 rings (SSSR count). The topological polar surface area (TPSA) is 52.7 Å². The third-order valence-corrected chi connectivity index (χ3v) is 5.61. The van der Waals surface area contributed by atoms with Gasteiger partial charge in [0.2, 0.25) is 11.8 Å². The molecule has 2 amide bonds. The second-order valence-corrected chi connectivity index (χ2v) is 7.77. The summed E-state index contributed by atoms with van der Waals surface area (Å²) in [4.78, 5) is 28.6. The summed E-state index contributed by atoms with van der Waals surface area (Å²) in [6.07, 6.45) is 2.71. The van der Waals surface area contributed by atoms with E-state index in [0.717, 1.165) is 50.4 Å². The molecule has 29 heavy (non-hydrogen) atoms. The minimum Gasteiger partial charge on any atom is -0.368 e. The van der Waals surface area contributed by atoms with Crippen molar-refractivity contribution in [2.24, 2.45) is 5.92 Å². The van der Waals surface area contributed by atoms with Gasteiger partial charge in [-0.15, -0.1) is 0 Å². The molecule has 0 atom stereocenters. The Kier molecular flexibility index (Phi) is 5.79. The number of hydrogen-bond acceptors (Lipinski definition) is 3. The first-order chi connectivity index (χ1) is 14.1. The zero-order valence-corrected chi connectivity index (χ0v) is 16.4. The Labute approximate surface area is 170 Å². The number of halogens is 1. The second kappa shape index (κ2) is 8.64. The molecule has 1 aliphatic carbocycles. The molecule has 0 unspecified atom stereocenters. The Bertz CT molecular complexity index is 872. The monoisotopic (exact) mass is 395 g/mol. The Morgan fingerprint density at radius 1 is 0.966 bits per heavy atom. The van der Waals surface area contributed by atoms with Gasteiger partial charge >= 0.3 is 0 Å². The fourth-order valence-electron chi connectivity index (χ4n) is 3.70. The van der Waals surface area contributed by atoms with Gasteiger partial charge in [-0.05, 0) is 55.2 Å². The number of nitrogens with zero attached hydrogens (tertiary/aromatic N) is 2. The van der Waals surface area contributed by atoms with E-state index < -0.39 is 0 Å². The van der Waals surface area contributed by atoms with Crippen LogP contribution >= 0.6 is 0 Å². The average Bonchev–Trinajstić information content (AvgIpc) is 3.59. The standard InChI is InChI=1S/C23H26FN3O2/c24-21-4-2-1-3-17(21)7-12-22(28)25-19-8-10-20(11-9-19)26-13-15-27(16-14-26)23(29)18-5-6-18/h1-4,8-11,18H,5-7,12-16H2,(H,25,28). The van der Waals surface area contributed by atoms with Gasteiger partial charge in [-0.2, -0.15) is 0 Å². The van der Waals surface area contributed by atoms with Crippen LogP contribution < -0.4 is 10.2 Å². The lowest BCUT2D eigenvalue weighted by atomic mass is 10.1. The van der Waals surface area contributed by atoms with Crippen LogP contribution in [0, 0.1) is 11.7 Å². The van der Waals surface area contributed by atoms with Gasteiger partial charge in [-0.3, -0.25) is 9.59 Å². The van der Waals surface area contributed by atoms with Crippen LogP contribution in [0.3, 0.4) is 0 Å². The van der Waals surface area contributed by atoms with Gasteiger partial charge in [0.05, 0.1) is 0 Å². The summed E-state index contributed by atoms with van der Waals surface area (Å²) in [5.74, 6) is 0.192. The van der Waals surface area contributed by atoms with Gasteiger partial charge in [0.15, 0.2) is 0 Å². The minimum absolute atomic E-state index is 0.131. The summed E-state index contributed by atoms with van der Waals surface area (Å²) >= 11 is 0. The molecule has 1 heterocycles. The maximum absolute atomic E-state index is 13.6. The van der Waals surface area contributed by atoms with Gasteiger partial charge in [-0.25, -0.2) is 4.39 Å². The zero-order chi connectivity index (χ0) is 20.2. The minimum atomic E-state index is -0.274. The van der Waals surface area contributed by atoms with E-state index in [9.17, 15) is 14.0 Å². The first-order valence-electron chi connectivity index (χ1n) is 10.3. The molecule has 1 saturated carbocycles. The number of carbonyl (C=O) groups is 2. The Morgan fingerprint density at radius 3 is 2.31 bits per heavy atom. The number of hydrogen-bond donors (Lipinski definition) is 1. The number of amides is 2. The van der Waals surface area contributed by atoms with E-state index in [-0.39, 0.29) is 24.1 Å². The summed E-state index contributed by atoms with van der Waals surface area (Å²) in [6, 6.07) is 14.3. The Hall–Kier alpha value is -2.89. The average molecular weight is 395 g/mol. The SMILES string of the molecule is O=C(CCc1ccccc1F)Nc1ccc(N2CCN(C(=O)C3CC3)CC2)cc1. The fourth-order valence-corrected chi connectivity index (χ4v) is 3.70. The molecule has 1 N–H and O–H groups in total. The highest BCUT2D eigenvalue weighted by atomic mass is 19.1. The summed E-state index contributed by atoms with van der Waals surface area (Å²) in [7, 11) is 0. The van der Waals surface area contributed by atoms with Crippen LogP contribution in [-0.2, 0) is 16.0 Å². The van der Waals surface area contributed by atoms with Gasteiger partial charge in [0.25, 0.3) is 0 Å². The number of rotatable bonds is 6. The van der Waals surface area contributed by atoms with E-state index in [1.54, 1.807) is 18.2 Å². The second-order valence-electron chi connectivity index (χ2n) is 7.77. The molecule has 0 spiro atoms. The summed E-state index contributed by atoms with van der Waals surface area (Å²) in [6.45, 7) is 3.19. The molecule has 2 aromatic carbocycles. The Morgan fingerprint density at radius 2 is 1.66 bits per heavy atom. The number of aryl methyl sites for hydroxylation is 1. The molecule has 1 saturated heterocycles. The van der Waals surface area contributed by atoms with E-state index in [1.165, 1.54) is 6.07 Å². The lowest BCUT2D eigenvalue weighted by Crippen LogP contribution is -2.49. The molecule has 0 aromatic heterocycles. The molecule has 2 aromatic rings. The van der Waals surface area contributed by atoms with Crippen molar-refractivity contribution in [1.29, 1.82) is 0 Å². The molecule has 6 heteroatoms. The lowest BCUT2D eigenvalue weighted by Gasteiger charge is -2.36. The van der Waals surface area contributed by atoms with Crippen LogP contribution in [-0.4, -0.2) is 42.9 Å². The zero-order valence-electron chi connectivity index (χ0n) is 16.4. The smallest absolute Gasteiger partial charge is 0.225 e. The van der Waals surface area contributed by atoms with Gasteiger partial charge in [0, 0.05) is 49.9 Å². The summed E-state index contributed by atoms with van der Waals surface area (Å²) in [5.41, 5.74) is 2.38. The largest absolute Gasteiger partial charge is 0.368 e. The van der Waals surface area contributed by atoms with Crippen molar-refractivity contribution in [2.75, 3.05) is 36.4 Å². The van der Waals surface area contributed by atoms with Crippen LogP contribution in [0.25, 0.3) is 0 Å². The highest BCUT2D eigenvalue weighted by Gasteiger charge is 2.34. The van der Waals surface area contributed by atoms with Crippen LogP contribution in [0.2, 0.25) is 0 Å². The van der Waals surface area contributed by atoms with Crippen molar-refractivity contribution in [3.05, 3.63) is 59.9 Å². The number of nitrogens with one attached hydrogen (secondary N) is 1. The van der Waals surface area contributed by atoms with Crippen LogP contribution in [0.1, 0.15) is 24.8 Å². The molecular formula is C23H26FN3O2. The summed E-state index contributed by atoms with van der Waals surface area (Å²) in [5, 5.41) is 2.87. The van der Waals surface area contributed by atoms with Crippen LogP contribution in [0.5, 0.6) is 0 Å². The maximum atomic E-state index is 13.6. The molecule has 1 aliphatic heterocycles. The van der Waals surface area contributed by atoms with E-state index in [4.69, 9.17) is 0 Å². The molecule has 2 fully saturated rings. The molecule has 0 radical (unpaired) electrons. The highest BCUT2D eigenvalue weighted by molar-refractivity contribution is 5.91. The van der Waals surface area contributed by atoms with Crippen molar-refractivity contribution >= 4 is 23.2 Å². The van der Waals surface area contributed by atoms with Crippen LogP contribution in [0.15, 0.2) is 48.5 Å². The quantitative estimate of drug-likeness (QED) is 0.815. The molecule has 5 nitrogen and oxygen atoms in total. The molecule has 152 valence electrons. The normalized spacial score (nSPS) is 16.6. The van der Waals surface area contributed by atoms with Crippen molar-refractivity contribution in [2.45, 2.75) is 25.7 Å². The number of carbonyl (C=O) groups excluding carboxylic acids is 2. The Balaban J connectivity index is 1.25. The molecule has 2 aliphatic rings. The van der Waals surface area contributed by atoms with Crippen molar-refractivity contribution in [1.82, 2.24) is 4.90 Å². The molecule has 0 bridgehead atoms. The number of benzene rings is 2. The third-order valence-electron chi connectivity index (χ3n) is 5.61. The van der Waals surface area contributed by atoms with Crippen molar-refractivity contribution < 1.29 is 14.0 Å². The number of anilines is 2. The van der Waals surface area contributed by atoms with Gasteiger partial charge in [0.1, 0.15) is 5.82 Å². The van der Waals surface area contributed by atoms with Gasteiger partial charge in [-0.1, -0.05) is 18.2 Å². The lowest BCUT2D eigenvalue weighted by molar-refractivity contribution is -0.132. The third kappa shape index (κ3) is 4.94.